The lowest BCUT2D eigenvalue weighted by Crippen LogP contribution is -1.95. The molecule has 8 aromatic rings. The first-order valence-corrected chi connectivity index (χ1v) is 12.1. The Hall–Kier alpha value is -5.04. The molecule has 0 N–H and O–H groups in total. The number of hydrogen-bond acceptors (Lipinski definition) is 5. The summed E-state index contributed by atoms with van der Waals surface area (Å²) in [5.74, 6) is 1.48. The normalized spacial score (nSPS) is 12.1. The summed E-state index contributed by atoms with van der Waals surface area (Å²) >= 11 is 0. The number of rotatable bonds is 2. The molecule has 5 heterocycles. The molecule has 176 valence electrons. The van der Waals surface area contributed by atoms with Crippen LogP contribution in [0.5, 0.6) is 11.5 Å². The summed E-state index contributed by atoms with van der Waals surface area (Å²) in [4.78, 5) is 18.4. The summed E-state index contributed by atoms with van der Waals surface area (Å²) in [6, 6.07) is 16.8. The number of benzene rings is 3. The number of ether oxygens (including phenoxy) is 1. The van der Waals surface area contributed by atoms with Gasteiger partial charge in [-0.1, -0.05) is 0 Å². The Morgan fingerprint density at radius 1 is 0.541 bits per heavy atom. The van der Waals surface area contributed by atoms with Gasteiger partial charge in [-0.05, 0) is 78.9 Å². The maximum absolute atomic E-state index is 6.40. The summed E-state index contributed by atoms with van der Waals surface area (Å²) in [6.07, 6.45) is 11.0. The molecule has 0 aliphatic carbocycles. The minimum atomic E-state index is 0.728. The lowest BCUT2D eigenvalue weighted by Gasteiger charge is -2.13. The van der Waals surface area contributed by atoms with Crippen molar-refractivity contribution in [3.8, 4) is 11.5 Å². The van der Waals surface area contributed by atoms with E-state index in [9.17, 15) is 0 Å². The molecule has 7 heteroatoms. The van der Waals surface area contributed by atoms with Gasteiger partial charge in [0.05, 0.1) is 5.52 Å². The monoisotopic (exact) mass is 480 g/mol. The Labute approximate surface area is 210 Å². The van der Waals surface area contributed by atoms with Crippen LogP contribution in [0.2, 0.25) is 0 Å². The molecule has 0 bridgehead atoms. The van der Waals surface area contributed by atoms with Crippen LogP contribution in [-0.2, 0) is 0 Å². The zero-order valence-corrected chi connectivity index (χ0v) is 20.2. The van der Waals surface area contributed by atoms with E-state index in [1.54, 1.807) is 18.6 Å². The average molecular weight is 481 g/mol. The van der Waals surface area contributed by atoms with Crippen LogP contribution >= 0.6 is 0 Å². The Morgan fingerprint density at radius 3 is 1.97 bits per heavy atom. The van der Waals surface area contributed by atoms with Crippen molar-refractivity contribution < 1.29 is 4.74 Å². The van der Waals surface area contributed by atoms with E-state index in [0.717, 1.165) is 61.0 Å². The van der Waals surface area contributed by atoms with Gasteiger partial charge < -0.3 is 4.74 Å². The van der Waals surface area contributed by atoms with E-state index in [4.69, 9.17) is 4.74 Å². The number of nitrogens with zero attached hydrogens (tertiary/aromatic N) is 6. The summed E-state index contributed by atoms with van der Waals surface area (Å²) in [5, 5.41) is 5.37. The highest BCUT2D eigenvalue weighted by molar-refractivity contribution is 6.12. The van der Waals surface area contributed by atoms with Crippen LogP contribution < -0.4 is 4.74 Å². The standard InChI is InChI=1S/C30H20N6O/c1-17-13-23-21-5-3-19(15-24(21)28-33-9-11-35(28)26(23)14-18(17)2)37-20-4-6-22-25(16-20)29-34-10-12-36(29)30-27(22)31-7-8-32-30/h3-16H,1-2H3. The van der Waals surface area contributed by atoms with Crippen LogP contribution in [0.3, 0.4) is 0 Å². The van der Waals surface area contributed by atoms with Gasteiger partial charge in [0.1, 0.15) is 28.3 Å². The van der Waals surface area contributed by atoms with Crippen LogP contribution in [0.1, 0.15) is 11.1 Å². The van der Waals surface area contributed by atoms with E-state index >= 15 is 0 Å². The fraction of sp³-hybridized carbons (Fsp3) is 0.0667. The molecule has 3 aromatic carbocycles. The number of fused-ring (bicyclic) bond motifs is 12. The minimum absolute atomic E-state index is 0.728. The lowest BCUT2D eigenvalue weighted by atomic mass is 10.0. The first kappa shape index (κ1) is 20.2. The van der Waals surface area contributed by atoms with Gasteiger partial charge in [0, 0.05) is 58.7 Å². The second-order valence-corrected chi connectivity index (χ2v) is 9.44. The van der Waals surface area contributed by atoms with Crippen LogP contribution in [0.25, 0.3) is 54.9 Å². The molecule has 5 aromatic heterocycles. The van der Waals surface area contributed by atoms with Crippen LogP contribution in [-0.4, -0.2) is 28.7 Å². The topological polar surface area (TPSA) is 69.6 Å². The van der Waals surface area contributed by atoms with Crippen LogP contribution in [0.15, 0.2) is 85.7 Å². The maximum atomic E-state index is 6.40. The first-order chi connectivity index (χ1) is 18.2. The number of aryl methyl sites for hydroxylation is 2. The number of hydrogen-bond donors (Lipinski definition) is 0. The highest BCUT2D eigenvalue weighted by Crippen LogP contribution is 2.36. The Balaban J connectivity index is 1.31. The van der Waals surface area contributed by atoms with Gasteiger partial charge in [-0.25, -0.2) is 15.0 Å². The molecule has 0 radical (unpaired) electrons. The zero-order valence-electron chi connectivity index (χ0n) is 20.2. The number of pyridine rings is 2. The molecular weight excluding hydrogens is 460 g/mol. The summed E-state index contributed by atoms with van der Waals surface area (Å²) in [7, 11) is 0. The molecule has 0 spiro atoms. The third kappa shape index (κ3) is 2.82. The second-order valence-electron chi connectivity index (χ2n) is 9.44. The van der Waals surface area contributed by atoms with Crippen molar-refractivity contribution in [3.05, 3.63) is 96.8 Å². The summed E-state index contributed by atoms with van der Waals surface area (Å²) in [5.41, 5.74) is 7.05. The van der Waals surface area contributed by atoms with Gasteiger partial charge in [-0.15, -0.1) is 0 Å². The van der Waals surface area contributed by atoms with Gasteiger partial charge in [-0.2, -0.15) is 0 Å². The van der Waals surface area contributed by atoms with E-state index in [1.165, 1.54) is 16.5 Å². The van der Waals surface area contributed by atoms with Gasteiger partial charge in [0.2, 0.25) is 0 Å². The van der Waals surface area contributed by atoms with Crippen molar-refractivity contribution in [2.24, 2.45) is 0 Å². The highest BCUT2D eigenvalue weighted by atomic mass is 16.5. The van der Waals surface area contributed by atoms with Crippen molar-refractivity contribution in [1.82, 2.24) is 28.7 Å². The van der Waals surface area contributed by atoms with Crippen LogP contribution in [0.4, 0.5) is 0 Å². The largest absolute Gasteiger partial charge is 0.457 e. The van der Waals surface area contributed by atoms with E-state index in [0.29, 0.717) is 0 Å². The maximum Gasteiger partial charge on any atom is 0.165 e. The third-order valence-corrected chi connectivity index (χ3v) is 7.31. The zero-order chi connectivity index (χ0) is 24.7. The van der Waals surface area contributed by atoms with E-state index in [1.807, 2.05) is 47.3 Å². The quantitative estimate of drug-likeness (QED) is 0.255. The molecule has 0 atom stereocenters. The van der Waals surface area contributed by atoms with E-state index in [2.05, 4.69) is 62.4 Å². The predicted octanol–water partition coefficient (Wildman–Crippen LogP) is 6.79. The van der Waals surface area contributed by atoms with E-state index < -0.39 is 0 Å². The third-order valence-electron chi connectivity index (χ3n) is 7.31. The molecule has 0 unspecified atom stereocenters. The first-order valence-electron chi connectivity index (χ1n) is 12.1. The minimum Gasteiger partial charge on any atom is -0.457 e. The van der Waals surface area contributed by atoms with Crippen molar-refractivity contribution in [2.75, 3.05) is 0 Å². The molecule has 0 aliphatic heterocycles. The Bertz CT molecular complexity index is 2210. The highest BCUT2D eigenvalue weighted by Gasteiger charge is 2.14. The van der Waals surface area contributed by atoms with Gasteiger partial charge in [-0.3, -0.25) is 13.8 Å². The van der Waals surface area contributed by atoms with Gasteiger partial charge in [0.25, 0.3) is 0 Å². The van der Waals surface area contributed by atoms with Crippen molar-refractivity contribution in [2.45, 2.75) is 13.8 Å². The number of imidazole rings is 2. The molecular formula is C30H20N6O. The Kier molecular flexibility index (Phi) is 3.95. The molecule has 0 fully saturated rings. The fourth-order valence-electron chi connectivity index (χ4n) is 5.40. The van der Waals surface area contributed by atoms with E-state index in [-0.39, 0.29) is 0 Å². The van der Waals surface area contributed by atoms with Crippen molar-refractivity contribution in [3.63, 3.8) is 0 Å². The molecule has 0 saturated carbocycles. The summed E-state index contributed by atoms with van der Waals surface area (Å²) in [6.45, 7) is 4.30. The van der Waals surface area contributed by atoms with Crippen molar-refractivity contribution in [1.29, 1.82) is 0 Å². The van der Waals surface area contributed by atoms with Gasteiger partial charge in [0.15, 0.2) is 5.65 Å². The molecule has 37 heavy (non-hydrogen) atoms. The average Bonchev–Trinajstić information content (AvgIpc) is 3.61. The molecule has 8 rings (SSSR count). The molecule has 0 saturated heterocycles. The van der Waals surface area contributed by atoms with Gasteiger partial charge >= 0.3 is 0 Å². The summed E-state index contributed by atoms with van der Waals surface area (Å²) < 4.78 is 10.5. The second kappa shape index (κ2) is 7.24. The SMILES string of the molecule is Cc1cc2c3ccc(Oc4ccc5c(c4)c4nccn4c4nccnc54)cc3c3nccn3c2cc1C. The fourth-order valence-corrected chi connectivity index (χ4v) is 5.40. The van der Waals surface area contributed by atoms with Crippen molar-refractivity contribution >= 4 is 54.9 Å². The number of aromatic nitrogens is 6. The molecule has 0 amide bonds. The predicted molar refractivity (Wildman–Crippen MR) is 146 cm³/mol. The smallest absolute Gasteiger partial charge is 0.165 e. The molecule has 7 nitrogen and oxygen atoms in total. The Morgan fingerprint density at radius 2 is 1.16 bits per heavy atom. The van der Waals surface area contributed by atoms with Crippen LogP contribution in [0, 0.1) is 13.8 Å². The molecule has 0 aliphatic rings. The lowest BCUT2D eigenvalue weighted by molar-refractivity contribution is 0.484.